The molecule has 1 aliphatic rings. The predicted molar refractivity (Wildman–Crippen MR) is 116 cm³/mol. The zero-order chi connectivity index (χ0) is 19.5. The Labute approximate surface area is 174 Å². The van der Waals surface area contributed by atoms with E-state index in [0.29, 0.717) is 16.6 Å². The molecule has 4 nitrogen and oxygen atoms in total. The predicted octanol–water partition coefficient (Wildman–Crippen LogP) is 5.26. The lowest BCUT2D eigenvalue weighted by Crippen LogP contribution is -2.33. The van der Waals surface area contributed by atoms with E-state index in [4.69, 9.17) is 28.3 Å². The molecule has 0 bridgehead atoms. The number of benzene rings is 2. The molecule has 4 rings (SSSR count). The van der Waals surface area contributed by atoms with Crippen LogP contribution in [0.5, 0.6) is 0 Å². The summed E-state index contributed by atoms with van der Waals surface area (Å²) in [7, 11) is 0. The van der Waals surface area contributed by atoms with Crippen LogP contribution in [0.25, 0.3) is 11.3 Å². The first-order valence-corrected chi connectivity index (χ1v) is 10.2. The maximum absolute atomic E-state index is 12.8. The summed E-state index contributed by atoms with van der Waals surface area (Å²) >= 11 is 12.1. The fourth-order valence-electron chi connectivity index (χ4n) is 3.58. The Hall–Kier alpha value is -2.30. The summed E-state index contributed by atoms with van der Waals surface area (Å²) in [4.78, 5) is 15.1. The second kappa shape index (κ2) is 8.38. The lowest BCUT2D eigenvalue weighted by Gasteiger charge is -2.30. The number of anilines is 1. The normalized spacial score (nSPS) is 14.3. The van der Waals surface area contributed by atoms with Gasteiger partial charge in [0.1, 0.15) is 5.69 Å². The molecule has 3 aromatic rings. The lowest BCUT2D eigenvalue weighted by atomic mass is 10.1. The first-order valence-electron chi connectivity index (χ1n) is 9.48. The smallest absolute Gasteiger partial charge is 0.269 e. The summed E-state index contributed by atoms with van der Waals surface area (Å²) in [5, 5.41) is 5.72. The number of aromatic nitrogens is 2. The Balaban J connectivity index is 1.77. The molecule has 144 valence electrons. The maximum atomic E-state index is 12.8. The van der Waals surface area contributed by atoms with Gasteiger partial charge in [-0.25, -0.2) is 4.68 Å². The summed E-state index contributed by atoms with van der Waals surface area (Å²) < 4.78 is 1.50. The number of piperidine rings is 1. The van der Waals surface area contributed by atoms with E-state index in [1.54, 1.807) is 18.2 Å². The Morgan fingerprint density at radius 1 is 0.893 bits per heavy atom. The van der Waals surface area contributed by atoms with Crippen LogP contribution in [0.1, 0.15) is 24.8 Å². The van der Waals surface area contributed by atoms with E-state index in [-0.39, 0.29) is 5.56 Å². The van der Waals surface area contributed by atoms with Gasteiger partial charge in [-0.3, -0.25) is 4.79 Å². The van der Waals surface area contributed by atoms with Crippen molar-refractivity contribution in [2.45, 2.75) is 25.8 Å². The van der Waals surface area contributed by atoms with Crippen LogP contribution in [0.15, 0.2) is 59.4 Å². The van der Waals surface area contributed by atoms with Crippen molar-refractivity contribution in [3.05, 3.63) is 80.6 Å². The van der Waals surface area contributed by atoms with Crippen molar-refractivity contribution in [2.75, 3.05) is 18.0 Å². The van der Waals surface area contributed by atoms with Gasteiger partial charge in [0.2, 0.25) is 0 Å². The van der Waals surface area contributed by atoms with Crippen molar-refractivity contribution < 1.29 is 0 Å². The quantitative estimate of drug-likeness (QED) is 0.585. The van der Waals surface area contributed by atoms with Gasteiger partial charge in [0.25, 0.3) is 5.56 Å². The van der Waals surface area contributed by atoms with E-state index in [0.717, 1.165) is 48.4 Å². The zero-order valence-corrected chi connectivity index (χ0v) is 17.0. The molecular formula is C22H21Cl2N3O. The molecule has 0 radical (unpaired) electrons. The molecule has 0 atom stereocenters. The van der Waals surface area contributed by atoms with Crippen LogP contribution >= 0.6 is 23.2 Å². The summed E-state index contributed by atoms with van der Waals surface area (Å²) in [6.07, 6.45) is 3.51. The highest BCUT2D eigenvalue weighted by atomic mass is 35.5. The van der Waals surface area contributed by atoms with Gasteiger partial charge >= 0.3 is 0 Å². The highest BCUT2D eigenvalue weighted by Crippen LogP contribution is 2.29. The highest BCUT2D eigenvalue weighted by Gasteiger charge is 2.19. The summed E-state index contributed by atoms with van der Waals surface area (Å²) in [5.41, 5.74) is 3.52. The fraction of sp³-hybridized carbons (Fsp3) is 0.273. The van der Waals surface area contributed by atoms with Crippen LogP contribution in [0.4, 0.5) is 5.69 Å². The SMILES string of the molecule is O=c1cc(N2CCCCC2)c(-c2ccccc2)nn1Cc1ccc(Cl)c(Cl)c1. The topological polar surface area (TPSA) is 38.1 Å². The molecule has 0 unspecified atom stereocenters. The summed E-state index contributed by atoms with van der Waals surface area (Å²) in [6.45, 7) is 2.26. The van der Waals surface area contributed by atoms with Gasteiger partial charge in [-0.1, -0.05) is 59.6 Å². The monoisotopic (exact) mass is 413 g/mol. The molecule has 1 saturated heterocycles. The summed E-state index contributed by atoms with van der Waals surface area (Å²) in [6, 6.07) is 17.1. The minimum Gasteiger partial charge on any atom is -0.370 e. The van der Waals surface area contributed by atoms with Crippen molar-refractivity contribution >= 4 is 28.9 Å². The van der Waals surface area contributed by atoms with Crippen molar-refractivity contribution in [1.82, 2.24) is 9.78 Å². The molecule has 2 heterocycles. The van der Waals surface area contributed by atoms with Gasteiger partial charge in [-0.2, -0.15) is 5.10 Å². The molecule has 0 saturated carbocycles. The van der Waals surface area contributed by atoms with E-state index in [2.05, 4.69) is 4.90 Å². The van der Waals surface area contributed by atoms with Crippen molar-refractivity contribution in [1.29, 1.82) is 0 Å². The molecule has 1 aliphatic heterocycles. The maximum Gasteiger partial charge on any atom is 0.269 e. The van der Waals surface area contributed by atoms with Crippen molar-refractivity contribution in [3.63, 3.8) is 0 Å². The van der Waals surface area contributed by atoms with E-state index in [9.17, 15) is 4.79 Å². The Morgan fingerprint density at radius 2 is 1.64 bits per heavy atom. The largest absolute Gasteiger partial charge is 0.370 e. The number of hydrogen-bond donors (Lipinski definition) is 0. The third kappa shape index (κ3) is 4.08. The number of nitrogens with zero attached hydrogens (tertiary/aromatic N) is 3. The van der Waals surface area contributed by atoms with Crippen LogP contribution in [-0.2, 0) is 6.54 Å². The molecule has 1 aromatic heterocycles. The van der Waals surface area contributed by atoms with Crippen molar-refractivity contribution in [2.24, 2.45) is 0 Å². The molecule has 2 aromatic carbocycles. The second-order valence-electron chi connectivity index (χ2n) is 7.04. The number of rotatable bonds is 4. The van der Waals surface area contributed by atoms with E-state index in [1.165, 1.54) is 11.1 Å². The summed E-state index contributed by atoms with van der Waals surface area (Å²) in [5.74, 6) is 0. The van der Waals surface area contributed by atoms with Gasteiger partial charge in [-0.15, -0.1) is 0 Å². The number of hydrogen-bond acceptors (Lipinski definition) is 3. The fourth-order valence-corrected chi connectivity index (χ4v) is 3.90. The minimum absolute atomic E-state index is 0.119. The zero-order valence-electron chi connectivity index (χ0n) is 15.4. The third-order valence-corrected chi connectivity index (χ3v) is 5.78. The molecule has 0 aliphatic carbocycles. The molecular weight excluding hydrogens is 393 g/mol. The van der Waals surface area contributed by atoms with Gasteiger partial charge in [0.15, 0.2) is 0 Å². The first-order chi connectivity index (χ1) is 13.6. The van der Waals surface area contributed by atoms with Crippen LogP contribution in [0.2, 0.25) is 10.0 Å². The van der Waals surface area contributed by atoms with E-state index < -0.39 is 0 Å². The van der Waals surface area contributed by atoms with Crippen LogP contribution < -0.4 is 10.5 Å². The third-order valence-electron chi connectivity index (χ3n) is 5.04. The van der Waals surface area contributed by atoms with Crippen LogP contribution in [-0.4, -0.2) is 22.9 Å². The van der Waals surface area contributed by atoms with Gasteiger partial charge < -0.3 is 4.90 Å². The van der Waals surface area contributed by atoms with Gasteiger partial charge in [0, 0.05) is 24.7 Å². The lowest BCUT2D eigenvalue weighted by molar-refractivity contribution is 0.572. The molecule has 0 amide bonds. The van der Waals surface area contributed by atoms with E-state index >= 15 is 0 Å². The van der Waals surface area contributed by atoms with Gasteiger partial charge in [-0.05, 0) is 37.0 Å². The number of halogens is 2. The molecule has 28 heavy (non-hydrogen) atoms. The van der Waals surface area contributed by atoms with Crippen LogP contribution in [0, 0.1) is 0 Å². The standard InChI is InChI=1S/C22H21Cl2N3O/c23-18-10-9-16(13-19(18)24)15-27-21(28)14-20(26-11-5-2-6-12-26)22(25-27)17-7-3-1-4-8-17/h1,3-4,7-10,13-14H,2,5-6,11-12,15H2. The van der Waals surface area contributed by atoms with Crippen molar-refractivity contribution in [3.8, 4) is 11.3 Å². The average molecular weight is 414 g/mol. The molecule has 1 fully saturated rings. The highest BCUT2D eigenvalue weighted by molar-refractivity contribution is 6.42. The second-order valence-corrected chi connectivity index (χ2v) is 7.85. The Morgan fingerprint density at radius 3 is 2.36 bits per heavy atom. The Bertz CT molecular complexity index is 1030. The van der Waals surface area contributed by atoms with Gasteiger partial charge in [0.05, 0.1) is 22.3 Å². The van der Waals surface area contributed by atoms with E-state index in [1.807, 2.05) is 36.4 Å². The average Bonchev–Trinajstić information content (AvgIpc) is 2.73. The first kappa shape index (κ1) is 19.0. The Kier molecular flexibility index (Phi) is 5.69. The van der Waals surface area contributed by atoms with Crippen LogP contribution in [0.3, 0.4) is 0 Å². The minimum atomic E-state index is -0.119. The molecule has 0 spiro atoms. The molecule has 0 N–H and O–H groups in total. The molecule has 6 heteroatoms.